The second-order valence-electron chi connectivity index (χ2n) is 6.03. The number of benzene rings is 1. The van der Waals surface area contributed by atoms with Gasteiger partial charge in [0.05, 0.1) is 18.3 Å². The lowest BCUT2D eigenvalue weighted by Crippen LogP contribution is -2.13. The van der Waals surface area contributed by atoms with E-state index in [2.05, 4.69) is 15.5 Å². The molecule has 2 heterocycles. The van der Waals surface area contributed by atoms with Gasteiger partial charge >= 0.3 is 5.97 Å². The molecular weight excluding hydrogens is 334 g/mol. The Morgan fingerprint density at radius 2 is 2.00 bits per heavy atom. The van der Waals surface area contributed by atoms with E-state index in [1.807, 2.05) is 42.8 Å². The third-order valence-electron chi connectivity index (χ3n) is 4.00. The van der Waals surface area contributed by atoms with E-state index in [1.54, 1.807) is 6.07 Å². The van der Waals surface area contributed by atoms with Gasteiger partial charge in [0.15, 0.2) is 5.82 Å². The van der Waals surface area contributed by atoms with Crippen LogP contribution in [0.5, 0.6) is 0 Å². The first-order valence-electron chi connectivity index (χ1n) is 8.07. The van der Waals surface area contributed by atoms with Crippen LogP contribution >= 0.6 is 0 Å². The number of carbonyl (C=O) groups excluding carboxylic acids is 1. The molecule has 1 amide bonds. The summed E-state index contributed by atoms with van der Waals surface area (Å²) in [4.78, 5) is 23.0. The monoisotopic (exact) mass is 353 g/mol. The van der Waals surface area contributed by atoms with E-state index >= 15 is 0 Å². The molecule has 0 radical (unpaired) electrons. The molecular formula is C18H19N5O3. The molecule has 3 aromatic rings. The van der Waals surface area contributed by atoms with Gasteiger partial charge in [-0.2, -0.15) is 10.2 Å². The lowest BCUT2D eigenvalue weighted by molar-refractivity contribution is -0.137. The van der Waals surface area contributed by atoms with Gasteiger partial charge in [0.2, 0.25) is 0 Å². The molecule has 0 aliphatic heterocycles. The molecule has 2 N–H and O–H groups in total. The van der Waals surface area contributed by atoms with Gasteiger partial charge in [0.1, 0.15) is 6.54 Å². The SMILES string of the molecule is Cc1ccccc1Cn1nc(NC(=O)c2cnn(CC(=O)O)c2)cc1C. The normalized spacial score (nSPS) is 10.7. The molecule has 0 saturated carbocycles. The molecule has 0 bridgehead atoms. The maximum atomic E-state index is 12.3. The first-order chi connectivity index (χ1) is 12.4. The summed E-state index contributed by atoms with van der Waals surface area (Å²) in [7, 11) is 0. The number of hydrogen-bond donors (Lipinski definition) is 2. The number of aromatic nitrogens is 4. The van der Waals surface area contributed by atoms with Crippen LogP contribution in [-0.4, -0.2) is 36.5 Å². The van der Waals surface area contributed by atoms with Gasteiger partial charge in [-0.15, -0.1) is 0 Å². The van der Waals surface area contributed by atoms with E-state index in [-0.39, 0.29) is 18.0 Å². The molecule has 0 unspecified atom stereocenters. The Morgan fingerprint density at radius 1 is 1.23 bits per heavy atom. The lowest BCUT2D eigenvalue weighted by Gasteiger charge is -2.07. The zero-order valence-electron chi connectivity index (χ0n) is 14.5. The minimum absolute atomic E-state index is 0.275. The molecule has 1 aromatic carbocycles. The van der Waals surface area contributed by atoms with Gasteiger partial charge in [-0.05, 0) is 25.0 Å². The van der Waals surface area contributed by atoms with Crippen LogP contribution in [0.15, 0.2) is 42.7 Å². The smallest absolute Gasteiger partial charge is 0.325 e. The topological polar surface area (TPSA) is 102 Å². The molecule has 3 rings (SSSR count). The fourth-order valence-electron chi connectivity index (χ4n) is 2.57. The van der Waals surface area contributed by atoms with Crippen molar-refractivity contribution in [3.8, 4) is 0 Å². The highest BCUT2D eigenvalue weighted by Gasteiger charge is 2.13. The molecule has 0 saturated heterocycles. The molecule has 26 heavy (non-hydrogen) atoms. The van der Waals surface area contributed by atoms with Gasteiger partial charge in [-0.1, -0.05) is 24.3 Å². The van der Waals surface area contributed by atoms with Crippen LogP contribution in [0.4, 0.5) is 5.82 Å². The maximum Gasteiger partial charge on any atom is 0.325 e. The lowest BCUT2D eigenvalue weighted by atomic mass is 10.1. The second kappa shape index (κ2) is 7.22. The van der Waals surface area contributed by atoms with E-state index < -0.39 is 5.97 Å². The van der Waals surface area contributed by atoms with Crippen molar-refractivity contribution in [1.29, 1.82) is 0 Å². The van der Waals surface area contributed by atoms with Crippen molar-refractivity contribution < 1.29 is 14.7 Å². The Balaban J connectivity index is 1.71. The zero-order chi connectivity index (χ0) is 18.7. The standard InChI is InChI=1S/C18H19N5O3/c1-12-5-3-4-6-14(12)10-23-13(2)7-16(21-23)20-18(26)15-8-19-22(9-15)11-17(24)25/h3-9H,10-11H2,1-2H3,(H,24,25)(H,20,21,26). The average Bonchev–Trinajstić information content (AvgIpc) is 3.16. The van der Waals surface area contributed by atoms with E-state index in [0.29, 0.717) is 12.4 Å². The number of carboxylic acid groups (broad SMARTS) is 1. The summed E-state index contributed by atoms with van der Waals surface area (Å²) < 4.78 is 3.02. The van der Waals surface area contributed by atoms with E-state index in [0.717, 1.165) is 11.3 Å². The molecule has 0 aliphatic rings. The third kappa shape index (κ3) is 3.97. The number of carbonyl (C=O) groups is 2. The highest BCUT2D eigenvalue weighted by atomic mass is 16.4. The quantitative estimate of drug-likeness (QED) is 0.706. The summed E-state index contributed by atoms with van der Waals surface area (Å²) >= 11 is 0. The first kappa shape index (κ1) is 17.4. The number of anilines is 1. The molecule has 8 heteroatoms. The number of nitrogens with one attached hydrogen (secondary N) is 1. The molecule has 134 valence electrons. The Labute approximate surface area is 150 Å². The number of carboxylic acids is 1. The summed E-state index contributed by atoms with van der Waals surface area (Å²) in [6.45, 7) is 4.29. The van der Waals surface area contributed by atoms with Crippen molar-refractivity contribution in [2.45, 2.75) is 26.9 Å². The second-order valence-corrected chi connectivity index (χ2v) is 6.03. The Kier molecular flexibility index (Phi) is 4.83. The molecule has 8 nitrogen and oxygen atoms in total. The zero-order valence-corrected chi connectivity index (χ0v) is 14.5. The van der Waals surface area contributed by atoms with E-state index in [9.17, 15) is 9.59 Å². The van der Waals surface area contributed by atoms with Crippen LogP contribution in [0.2, 0.25) is 0 Å². The van der Waals surface area contributed by atoms with Crippen molar-refractivity contribution in [1.82, 2.24) is 19.6 Å². The maximum absolute atomic E-state index is 12.3. The minimum atomic E-state index is -1.02. The van der Waals surface area contributed by atoms with Crippen molar-refractivity contribution in [3.63, 3.8) is 0 Å². The number of aliphatic carboxylic acids is 1. The van der Waals surface area contributed by atoms with Crippen LogP contribution < -0.4 is 5.32 Å². The predicted octanol–water partition coefficient (Wildman–Crippen LogP) is 2.08. The molecule has 2 aromatic heterocycles. The number of nitrogens with zero attached hydrogens (tertiary/aromatic N) is 4. The predicted molar refractivity (Wildman–Crippen MR) is 95.1 cm³/mol. The van der Waals surface area contributed by atoms with Crippen LogP contribution in [0.1, 0.15) is 27.2 Å². The fourth-order valence-corrected chi connectivity index (χ4v) is 2.57. The number of aryl methyl sites for hydroxylation is 2. The van der Waals surface area contributed by atoms with Crippen molar-refractivity contribution in [2.24, 2.45) is 0 Å². The van der Waals surface area contributed by atoms with E-state index in [4.69, 9.17) is 5.11 Å². The third-order valence-corrected chi connectivity index (χ3v) is 4.00. The van der Waals surface area contributed by atoms with Gasteiger partial charge in [0, 0.05) is 18.0 Å². The summed E-state index contributed by atoms with van der Waals surface area (Å²) in [5, 5.41) is 19.8. The van der Waals surface area contributed by atoms with Crippen LogP contribution in [-0.2, 0) is 17.9 Å². The molecule has 0 fully saturated rings. The number of hydrogen-bond acceptors (Lipinski definition) is 4. The van der Waals surface area contributed by atoms with Gasteiger partial charge in [-0.3, -0.25) is 19.0 Å². The minimum Gasteiger partial charge on any atom is -0.480 e. The van der Waals surface area contributed by atoms with E-state index in [1.165, 1.54) is 22.6 Å². The van der Waals surface area contributed by atoms with Crippen molar-refractivity contribution >= 4 is 17.7 Å². The fraction of sp³-hybridized carbons (Fsp3) is 0.222. The molecule has 0 aliphatic carbocycles. The number of rotatable bonds is 6. The van der Waals surface area contributed by atoms with Crippen LogP contribution in [0.25, 0.3) is 0 Å². The molecule has 0 spiro atoms. The summed E-state index contributed by atoms with van der Waals surface area (Å²) in [5.41, 5.74) is 3.54. The summed E-state index contributed by atoms with van der Waals surface area (Å²) in [6, 6.07) is 9.86. The highest BCUT2D eigenvalue weighted by Crippen LogP contribution is 2.14. The van der Waals surface area contributed by atoms with Crippen molar-refractivity contribution in [2.75, 3.05) is 5.32 Å². The van der Waals surface area contributed by atoms with Gasteiger partial charge < -0.3 is 10.4 Å². The highest BCUT2D eigenvalue weighted by molar-refractivity contribution is 6.03. The molecule has 0 atom stereocenters. The largest absolute Gasteiger partial charge is 0.480 e. The Bertz CT molecular complexity index is 957. The van der Waals surface area contributed by atoms with Crippen LogP contribution in [0.3, 0.4) is 0 Å². The van der Waals surface area contributed by atoms with Gasteiger partial charge in [0.25, 0.3) is 5.91 Å². The van der Waals surface area contributed by atoms with Crippen molar-refractivity contribution in [3.05, 3.63) is 65.1 Å². The first-order valence-corrected chi connectivity index (χ1v) is 8.07. The average molecular weight is 353 g/mol. The summed E-state index contributed by atoms with van der Waals surface area (Å²) in [5.74, 6) is -0.972. The van der Waals surface area contributed by atoms with Gasteiger partial charge in [-0.25, -0.2) is 0 Å². The van der Waals surface area contributed by atoms with Crippen LogP contribution in [0, 0.1) is 13.8 Å². The Morgan fingerprint density at radius 3 is 2.73 bits per heavy atom. The number of amides is 1. The Hall–Kier alpha value is -3.42. The summed E-state index contributed by atoms with van der Waals surface area (Å²) in [6.07, 6.45) is 2.72.